The Morgan fingerprint density at radius 3 is 2.43 bits per heavy atom. The Hall–Kier alpha value is -4.20. The van der Waals surface area contributed by atoms with Gasteiger partial charge in [0, 0.05) is 5.56 Å². The number of nitrogens with one attached hydrogen (secondary N) is 3. The van der Waals surface area contributed by atoms with Gasteiger partial charge in [-0.3, -0.25) is 10.1 Å². The summed E-state index contributed by atoms with van der Waals surface area (Å²) < 4.78 is 0.733. The van der Waals surface area contributed by atoms with Gasteiger partial charge in [-0.2, -0.15) is 0 Å². The fourth-order valence-electron chi connectivity index (χ4n) is 3.47. The molecule has 0 spiro atoms. The third-order valence-corrected chi connectivity index (χ3v) is 6.49. The van der Waals surface area contributed by atoms with Crippen molar-refractivity contribution < 1.29 is 9.59 Å². The number of rotatable bonds is 10. The van der Waals surface area contributed by atoms with Gasteiger partial charge in [-0.15, -0.1) is 0 Å². The van der Waals surface area contributed by atoms with Crippen LogP contribution in [0.4, 0.5) is 9.93 Å². The van der Waals surface area contributed by atoms with Crippen molar-refractivity contribution in [2.24, 2.45) is 0 Å². The van der Waals surface area contributed by atoms with Crippen LogP contribution in [-0.4, -0.2) is 16.9 Å². The minimum absolute atomic E-state index is 0.207. The van der Waals surface area contributed by atoms with Crippen molar-refractivity contribution in [3.05, 3.63) is 132 Å². The molecule has 6 nitrogen and oxygen atoms in total. The second-order valence-corrected chi connectivity index (χ2v) is 9.36. The van der Waals surface area contributed by atoms with Crippen LogP contribution < -0.4 is 16.0 Å². The number of anilines is 1. The number of urea groups is 1. The summed E-state index contributed by atoms with van der Waals surface area (Å²) in [6, 6.07) is 13.8. The molecule has 0 bridgehead atoms. The number of halogens is 1. The number of thiazole rings is 1. The molecule has 1 unspecified atom stereocenters. The summed E-state index contributed by atoms with van der Waals surface area (Å²) in [6.07, 6.45) is 6.72. The number of hydrogen-bond acceptors (Lipinski definition) is 4. The number of hydrogen-bond donors (Lipinski definition) is 3. The molecule has 3 amide bonds. The van der Waals surface area contributed by atoms with E-state index in [9.17, 15) is 9.59 Å². The second-order valence-electron chi connectivity index (χ2n) is 7.87. The Labute approximate surface area is 225 Å². The second kappa shape index (κ2) is 12.7. The van der Waals surface area contributed by atoms with Gasteiger partial charge in [-0.05, 0) is 41.8 Å². The lowest BCUT2D eigenvalue weighted by Gasteiger charge is -2.20. The average molecular weight is 531 g/mol. The molecule has 188 valence electrons. The monoisotopic (exact) mass is 530 g/mol. The molecule has 0 saturated heterocycles. The molecule has 3 N–H and O–H groups in total. The summed E-state index contributed by atoms with van der Waals surface area (Å²) in [5, 5.41) is 9.13. The van der Waals surface area contributed by atoms with E-state index in [0.29, 0.717) is 27.5 Å². The molecular formula is C29H27ClN4O2S. The minimum Gasteiger partial charge on any atom is -0.327 e. The molecule has 0 saturated carbocycles. The molecule has 8 heteroatoms. The van der Waals surface area contributed by atoms with Crippen molar-refractivity contribution in [2.75, 3.05) is 5.32 Å². The lowest BCUT2D eigenvalue weighted by Crippen LogP contribution is -2.33. The van der Waals surface area contributed by atoms with E-state index >= 15 is 0 Å². The summed E-state index contributed by atoms with van der Waals surface area (Å²) in [5.41, 5.74) is 3.84. The predicted molar refractivity (Wildman–Crippen MR) is 155 cm³/mol. The van der Waals surface area contributed by atoms with E-state index in [2.05, 4.69) is 47.3 Å². The Bertz CT molecular complexity index is 1440. The zero-order valence-electron chi connectivity index (χ0n) is 20.4. The van der Waals surface area contributed by atoms with Crippen LogP contribution in [0.5, 0.6) is 0 Å². The van der Waals surface area contributed by atoms with Gasteiger partial charge in [0.15, 0.2) is 5.13 Å². The van der Waals surface area contributed by atoms with Gasteiger partial charge in [0.1, 0.15) is 0 Å². The van der Waals surface area contributed by atoms with Crippen LogP contribution >= 0.6 is 22.9 Å². The predicted octanol–water partition coefficient (Wildman–Crippen LogP) is 7.40. The number of fused-ring (bicyclic) bond motifs is 1. The van der Waals surface area contributed by atoms with E-state index < -0.39 is 12.1 Å². The molecule has 0 aliphatic rings. The van der Waals surface area contributed by atoms with Crippen molar-refractivity contribution in [1.29, 1.82) is 0 Å². The quantitative estimate of drug-likeness (QED) is 0.239. The summed E-state index contributed by atoms with van der Waals surface area (Å²) in [5.74, 6) is -0.350. The topological polar surface area (TPSA) is 83.1 Å². The number of carbonyl (C=O) groups is 2. The van der Waals surface area contributed by atoms with Gasteiger partial charge in [-0.25, -0.2) is 9.78 Å². The maximum Gasteiger partial charge on any atom is 0.321 e. The first-order chi connectivity index (χ1) is 17.8. The molecule has 0 aliphatic carbocycles. The first-order valence-electron chi connectivity index (χ1n) is 11.2. The van der Waals surface area contributed by atoms with Crippen molar-refractivity contribution in [3.8, 4) is 0 Å². The maximum absolute atomic E-state index is 12.9. The number of carbonyl (C=O) groups excluding carboxylic acids is 2. The average Bonchev–Trinajstić information content (AvgIpc) is 3.30. The van der Waals surface area contributed by atoms with Gasteiger partial charge < -0.3 is 10.6 Å². The number of benzene rings is 2. The van der Waals surface area contributed by atoms with Crippen molar-refractivity contribution in [2.45, 2.75) is 13.0 Å². The molecule has 3 aromatic rings. The molecule has 2 aromatic carbocycles. The largest absolute Gasteiger partial charge is 0.327 e. The van der Waals surface area contributed by atoms with Crippen LogP contribution in [0.2, 0.25) is 0 Å². The van der Waals surface area contributed by atoms with E-state index in [1.165, 1.54) is 11.3 Å². The highest BCUT2D eigenvalue weighted by molar-refractivity contribution is 7.22. The van der Waals surface area contributed by atoms with Crippen LogP contribution in [0.3, 0.4) is 0 Å². The van der Waals surface area contributed by atoms with E-state index in [0.717, 1.165) is 15.8 Å². The van der Waals surface area contributed by atoms with E-state index in [1.54, 1.807) is 49.4 Å². The first-order valence-corrected chi connectivity index (χ1v) is 12.4. The Kier molecular flexibility index (Phi) is 9.38. The van der Waals surface area contributed by atoms with Crippen molar-refractivity contribution >= 4 is 50.2 Å². The summed E-state index contributed by atoms with van der Waals surface area (Å²) in [7, 11) is 0. The highest BCUT2D eigenvalue weighted by Crippen LogP contribution is 2.28. The van der Waals surface area contributed by atoms with Gasteiger partial charge in [-0.1, -0.05) is 104 Å². The molecule has 0 fully saturated rings. The fourth-order valence-corrected chi connectivity index (χ4v) is 4.57. The lowest BCUT2D eigenvalue weighted by atomic mass is 9.98. The van der Waals surface area contributed by atoms with Gasteiger partial charge >= 0.3 is 6.03 Å². The van der Waals surface area contributed by atoms with E-state index in [-0.39, 0.29) is 10.9 Å². The molecule has 1 aromatic heterocycles. The lowest BCUT2D eigenvalue weighted by molar-refractivity contribution is 0.0966. The SMILES string of the molecule is C=C/C=C(\C=C)C(NC(=O)Nc1nc2ccc(C(=O)N/C(C(=C)Cl)=C(\C)C=C)cc2s1)c1ccccc1. The normalized spacial score (nSPS) is 12.6. The number of amides is 3. The van der Waals surface area contributed by atoms with Gasteiger partial charge in [0.05, 0.1) is 27.0 Å². The highest BCUT2D eigenvalue weighted by Gasteiger charge is 2.19. The Balaban J connectivity index is 1.80. The Morgan fingerprint density at radius 1 is 1.08 bits per heavy atom. The number of nitrogens with zero attached hydrogens (tertiary/aromatic N) is 1. The molecular weight excluding hydrogens is 504 g/mol. The number of aromatic nitrogens is 1. The molecule has 1 atom stereocenters. The third kappa shape index (κ3) is 6.94. The molecule has 3 rings (SSSR count). The summed E-state index contributed by atoms with van der Waals surface area (Å²) in [4.78, 5) is 30.2. The zero-order valence-corrected chi connectivity index (χ0v) is 22.0. The first kappa shape index (κ1) is 27.4. The number of allylic oxidation sites excluding steroid dienone is 5. The van der Waals surface area contributed by atoms with E-state index in [1.807, 2.05) is 30.3 Å². The van der Waals surface area contributed by atoms with E-state index in [4.69, 9.17) is 11.6 Å². The summed E-state index contributed by atoms with van der Waals surface area (Å²) >= 11 is 7.29. The molecule has 0 aliphatic heterocycles. The van der Waals surface area contributed by atoms with Crippen LogP contribution in [0.25, 0.3) is 10.2 Å². The van der Waals surface area contributed by atoms with Gasteiger partial charge in [0.2, 0.25) is 0 Å². The van der Waals surface area contributed by atoms with Gasteiger partial charge in [0.25, 0.3) is 5.91 Å². The summed E-state index contributed by atoms with van der Waals surface area (Å²) in [6.45, 7) is 16.8. The van der Waals surface area contributed by atoms with Crippen LogP contribution in [-0.2, 0) is 0 Å². The zero-order chi connectivity index (χ0) is 26.9. The molecule has 37 heavy (non-hydrogen) atoms. The minimum atomic E-state index is -0.432. The van der Waals surface area contributed by atoms with Crippen LogP contribution in [0.1, 0.15) is 28.9 Å². The highest BCUT2D eigenvalue weighted by atomic mass is 35.5. The molecule has 0 radical (unpaired) electrons. The van der Waals surface area contributed by atoms with Crippen LogP contribution in [0, 0.1) is 0 Å². The third-order valence-electron chi connectivity index (χ3n) is 5.37. The fraction of sp³-hybridized carbons (Fsp3) is 0.0690. The molecule has 1 heterocycles. The van der Waals surface area contributed by atoms with Crippen molar-refractivity contribution in [1.82, 2.24) is 15.6 Å². The van der Waals surface area contributed by atoms with Crippen LogP contribution in [0.15, 0.2) is 121 Å². The van der Waals surface area contributed by atoms with Crippen molar-refractivity contribution in [3.63, 3.8) is 0 Å². The standard InChI is InChI=1S/C29H27ClN4O2S/c1-6-12-20(8-3)26(21-13-10-9-11-14-21)33-28(36)34-29-31-23-16-15-22(17-24(23)37-29)27(35)32-25(19(5)30)18(4)7-2/h6-17,26H,1-3,5H2,4H3,(H,32,35)(H2,31,33,34,36)/b20-12+,25-18+. The smallest absolute Gasteiger partial charge is 0.321 e. The Morgan fingerprint density at radius 2 is 1.81 bits per heavy atom. The maximum atomic E-state index is 12.9.